The third-order valence-electron chi connectivity index (χ3n) is 6.46. The molecule has 0 bridgehead atoms. The molecule has 0 amide bonds. The van der Waals surface area contributed by atoms with Crippen LogP contribution in [0.25, 0.3) is 11.4 Å². The molecule has 4 nitrogen and oxygen atoms in total. The Balaban J connectivity index is 1.79. The molecule has 0 aliphatic heterocycles. The predicted molar refractivity (Wildman–Crippen MR) is 105 cm³/mol. The lowest BCUT2D eigenvalue weighted by Gasteiger charge is -2.44. The molecule has 0 spiro atoms. The highest BCUT2D eigenvalue weighted by atomic mass is 16.1. The van der Waals surface area contributed by atoms with Crippen molar-refractivity contribution < 1.29 is 4.79 Å². The van der Waals surface area contributed by atoms with Crippen LogP contribution in [0, 0.1) is 23.2 Å². The Bertz CT molecular complexity index is 974. The highest BCUT2D eigenvalue weighted by molar-refractivity contribution is 6.02. The van der Waals surface area contributed by atoms with Crippen LogP contribution in [0.2, 0.25) is 0 Å². The summed E-state index contributed by atoms with van der Waals surface area (Å²) in [7, 11) is 0. The molecule has 2 aliphatic carbocycles. The van der Waals surface area contributed by atoms with E-state index in [0.29, 0.717) is 5.92 Å². The molecule has 4 heteroatoms. The van der Waals surface area contributed by atoms with E-state index < -0.39 is 0 Å². The number of aromatic amines is 1. The van der Waals surface area contributed by atoms with Gasteiger partial charge in [-0.1, -0.05) is 58.0 Å². The number of nitrogens with zero attached hydrogens (tertiary/aromatic N) is 2. The first-order valence-corrected chi connectivity index (χ1v) is 9.72. The minimum atomic E-state index is -0.376. The lowest BCUT2D eigenvalue weighted by molar-refractivity contribution is -0.121. The van der Waals surface area contributed by atoms with Gasteiger partial charge in [0.1, 0.15) is 11.9 Å². The van der Waals surface area contributed by atoms with Gasteiger partial charge in [-0.05, 0) is 30.2 Å². The molecule has 2 aliphatic rings. The summed E-state index contributed by atoms with van der Waals surface area (Å²) in [6, 6.07) is 10.6. The molecule has 0 unspecified atom stereocenters. The zero-order chi connectivity index (χ0) is 19.3. The summed E-state index contributed by atoms with van der Waals surface area (Å²) < 4.78 is 0. The Labute approximate surface area is 160 Å². The minimum Gasteiger partial charge on any atom is -0.342 e. The summed E-state index contributed by atoms with van der Waals surface area (Å²) in [5.74, 6) is 1.39. The predicted octanol–water partition coefficient (Wildman–Crippen LogP) is 4.69. The molecule has 0 radical (unpaired) electrons. The van der Waals surface area contributed by atoms with Gasteiger partial charge >= 0.3 is 0 Å². The topological polar surface area (TPSA) is 69.5 Å². The average molecular weight is 359 g/mol. The van der Waals surface area contributed by atoms with Crippen molar-refractivity contribution in [1.82, 2.24) is 9.97 Å². The maximum absolute atomic E-state index is 12.5. The van der Waals surface area contributed by atoms with Crippen molar-refractivity contribution >= 4 is 5.78 Å². The summed E-state index contributed by atoms with van der Waals surface area (Å²) >= 11 is 0. The molecule has 1 aromatic carbocycles. The number of hydrogen-bond donors (Lipinski definition) is 1. The van der Waals surface area contributed by atoms with Crippen molar-refractivity contribution in [2.45, 2.75) is 51.9 Å². The smallest absolute Gasteiger partial charge is 0.176 e. The van der Waals surface area contributed by atoms with Gasteiger partial charge in [0.2, 0.25) is 0 Å². The standard InChI is InChI=1S/C23H25N3O/c1-13(2)15-5-7-16(8-6-15)22-25-19-10-9-18-14(3)20(27)17(12-24)11-23(18,4)21(19)26-22/h5-8,11,13-14,18H,9-10H2,1-4H3,(H,25,26)/t14-,18-,23-/m1/s1. The number of imidazole rings is 1. The fourth-order valence-corrected chi connectivity index (χ4v) is 4.80. The molecule has 2 aromatic rings. The Hall–Kier alpha value is -2.67. The number of ketones is 1. The third kappa shape index (κ3) is 2.65. The lowest BCUT2D eigenvalue weighted by Crippen LogP contribution is -2.45. The number of aryl methyl sites for hydroxylation is 1. The zero-order valence-electron chi connectivity index (χ0n) is 16.3. The first kappa shape index (κ1) is 17.7. The number of hydrogen-bond acceptors (Lipinski definition) is 3. The summed E-state index contributed by atoms with van der Waals surface area (Å²) in [5.41, 5.74) is 4.40. The number of carbonyl (C=O) groups excluding carboxylic acids is 1. The fraction of sp³-hybridized carbons (Fsp3) is 0.435. The second kappa shape index (κ2) is 6.20. The van der Waals surface area contributed by atoms with Gasteiger partial charge in [0.05, 0.1) is 11.3 Å². The number of aromatic nitrogens is 2. The van der Waals surface area contributed by atoms with Gasteiger partial charge in [-0.25, -0.2) is 4.98 Å². The van der Waals surface area contributed by atoms with Gasteiger partial charge in [0.15, 0.2) is 5.78 Å². The van der Waals surface area contributed by atoms with Crippen molar-refractivity contribution in [2.24, 2.45) is 11.8 Å². The number of allylic oxidation sites excluding steroid dienone is 2. The van der Waals surface area contributed by atoms with E-state index in [-0.39, 0.29) is 28.6 Å². The largest absolute Gasteiger partial charge is 0.342 e. The van der Waals surface area contributed by atoms with E-state index in [1.807, 2.05) is 13.0 Å². The van der Waals surface area contributed by atoms with Crippen molar-refractivity contribution in [3.05, 3.63) is 52.9 Å². The number of rotatable bonds is 2. The molecule has 138 valence electrons. The van der Waals surface area contributed by atoms with Gasteiger partial charge in [0, 0.05) is 22.6 Å². The van der Waals surface area contributed by atoms with E-state index >= 15 is 0 Å². The minimum absolute atomic E-state index is 0.0246. The van der Waals surface area contributed by atoms with Crippen LogP contribution in [0.1, 0.15) is 57.0 Å². The van der Waals surface area contributed by atoms with Crippen LogP contribution >= 0.6 is 0 Å². The molecule has 1 heterocycles. The van der Waals surface area contributed by atoms with E-state index in [2.05, 4.69) is 56.1 Å². The van der Waals surface area contributed by atoms with Gasteiger partial charge in [-0.2, -0.15) is 5.26 Å². The molecular weight excluding hydrogens is 334 g/mol. The molecule has 1 aromatic heterocycles. The van der Waals surface area contributed by atoms with Crippen molar-refractivity contribution in [2.75, 3.05) is 0 Å². The van der Waals surface area contributed by atoms with Gasteiger partial charge in [0.25, 0.3) is 0 Å². The Morgan fingerprint density at radius 3 is 2.63 bits per heavy atom. The van der Waals surface area contributed by atoms with Crippen LogP contribution in [-0.4, -0.2) is 15.8 Å². The highest BCUT2D eigenvalue weighted by Gasteiger charge is 2.49. The number of benzene rings is 1. The second-order valence-corrected chi connectivity index (χ2v) is 8.44. The number of H-pyrrole nitrogens is 1. The van der Waals surface area contributed by atoms with E-state index in [9.17, 15) is 10.1 Å². The molecule has 0 saturated heterocycles. The van der Waals surface area contributed by atoms with Crippen LogP contribution in [0.5, 0.6) is 0 Å². The SMILES string of the molecule is CC(C)c1ccc(-c2nc3c([nH]2)CC[C@@H]2[C@@H](C)C(=O)C(C#N)=C[C@@]32C)cc1. The van der Waals surface area contributed by atoms with Crippen molar-refractivity contribution in [3.63, 3.8) is 0 Å². The van der Waals surface area contributed by atoms with E-state index in [4.69, 9.17) is 4.98 Å². The molecule has 1 N–H and O–H groups in total. The molecule has 0 fully saturated rings. The number of nitriles is 1. The summed E-state index contributed by atoms with van der Waals surface area (Å²) in [4.78, 5) is 20.9. The Morgan fingerprint density at radius 2 is 2.00 bits per heavy atom. The second-order valence-electron chi connectivity index (χ2n) is 8.44. The van der Waals surface area contributed by atoms with Gasteiger partial charge in [-0.3, -0.25) is 4.79 Å². The first-order valence-electron chi connectivity index (χ1n) is 9.72. The average Bonchev–Trinajstić information content (AvgIpc) is 3.10. The number of fused-ring (bicyclic) bond motifs is 3. The maximum atomic E-state index is 12.5. The summed E-state index contributed by atoms with van der Waals surface area (Å²) in [6.45, 7) is 8.46. The normalized spacial score (nSPS) is 27.0. The Morgan fingerprint density at radius 1 is 1.30 bits per heavy atom. The van der Waals surface area contributed by atoms with E-state index in [1.165, 1.54) is 5.56 Å². The van der Waals surface area contributed by atoms with Crippen LogP contribution in [0.3, 0.4) is 0 Å². The van der Waals surface area contributed by atoms with Crippen LogP contribution in [0.4, 0.5) is 0 Å². The van der Waals surface area contributed by atoms with Gasteiger partial charge in [-0.15, -0.1) is 0 Å². The summed E-state index contributed by atoms with van der Waals surface area (Å²) in [6.07, 6.45) is 3.68. The Kier molecular flexibility index (Phi) is 4.07. The number of carbonyl (C=O) groups is 1. The third-order valence-corrected chi connectivity index (χ3v) is 6.46. The molecule has 4 rings (SSSR count). The van der Waals surface area contributed by atoms with Crippen molar-refractivity contribution in [3.8, 4) is 17.5 Å². The number of Topliss-reactive ketones (excluding diaryl/α,β-unsaturated/α-hetero) is 1. The van der Waals surface area contributed by atoms with E-state index in [1.54, 1.807) is 0 Å². The lowest BCUT2D eigenvalue weighted by atomic mass is 9.58. The molecular formula is C23H25N3O. The van der Waals surface area contributed by atoms with Crippen LogP contribution in [-0.2, 0) is 16.6 Å². The molecule has 3 atom stereocenters. The number of nitrogens with one attached hydrogen (secondary N) is 1. The monoisotopic (exact) mass is 359 g/mol. The summed E-state index contributed by atoms with van der Waals surface area (Å²) in [5, 5.41) is 9.42. The highest BCUT2D eigenvalue weighted by Crippen LogP contribution is 2.49. The van der Waals surface area contributed by atoms with Crippen LogP contribution < -0.4 is 0 Å². The first-order chi connectivity index (χ1) is 12.8. The van der Waals surface area contributed by atoms with E-state index in [0.717, 1.165) is 35.6 Å². The maximum Gasteiger partial charge on any atom is 0.176 e. The fourth-order valence-electron chi connectivity index (χ4n) is 4.80. The zero-order valence-corrected chi connectivity index (χ0v) is 16.3. The quantitative estimate of drug-likeness (QED) is 0.846. The van der Waals surface area contributed by atoms with Crippen molar-refractivity contribution in [1.29, 1.82) is 5.26 Å². The van der Waals surface area contributed by atoms with Crippen LogP contribution in [0.15, 0.2) is 35.9 Å². The molecule has 27 heavy (non-hydrogen) atoms. The molecule has 0 saturated carbocycles. The van der Waals surface area contributed by atoms with Gasteiger partial charge < -0.3 is 4.98 Å².